The minimum Gasteiger partial charge on any atom is -0.346 e. The van der Waals surface area contributed by atoms with Gasteiger partial charge in [-0.05, 0) is 53.2 Å². The van der Waals surface area contributed by atoms with Crippen LogP contribution in [0.5, 0.6) is 0 Å². The molecule has 2 atom stereocenters. The molecule has 0 bridgehead atoms. The maximum Gasteiger partial charge on any atom is 0.253 e. The highest BCUT2D eigenvalue weighted by Gasteiger charge is 2.48. The van der Waals surface area contributed by atoms with Crippen molar-refractivity contribution in [3.63, 3.8) is 0 Å². The van der Waals surface area contributed by atoms with Crippen LogP contribution in [-0.2, 0) is 11.3 Å². The number of epoxide rings is 1. The summed E-state index contributed by atoms with van der Waals surface area (Å²) in [6, 6.07) is 13.9. The molecule has 3 aromatic rings. The van der Waals surface area contributed by atoms with E-state index in [1.165, 1.54) is 10.5 Å². The van der Waals surface area contributed by atoms with Crippen molar-refractivity contribution in [2.45, 2.75) is 37.6 Å². The molecular weight excluding hydrogens is 412 g/mol. The summed E-state index contributed by atoms with van der Waals surface area (Å²) in [7, 11) is 2.05. The number of fused-ring (bicyclic) bond motifs is 4. The van der Waals surface area contributed by atoms with Crippen LogP contribution >= 0.6 is 0 Å². The minimum atomic E-state index is -2.67. The van der Waals surface area contributed by atoms with Gasteiger partial charge in [0, 0.05) is 49.8 Å². The fraction of sp³-hybridized carbons (Fsp3) is 0.360. The van der Waals surface area contributed by atoms with Crippen LogP contribution in [0.3, 0.4) is 0 Å². The first-order chi connectivity index (χ1) is 15.4. The Hall–Kier alpha value is -2.90. The smallest absolute Gasteiger partial charge is 0.253 e. The number of benzene rings is 2. The maximum atomic E-state index is 13.5. The van der Waals surface area contributed by atoms with E-state index in [2.05, 4.69) is 35.1 Å². The molecule has 0 radical (unpaired) electrons. The van der Waals surface area contributed by atoms with Crippen molar-refractivity contribution in [1.82, 2.24) is 14.8 Å². The van der Waals surface area contributed by atoms with Gasteiger partial charge in [0.1, 0.15) is 12.3 Å². The van der Waals surface area contributed by atoms with E-state index in [9.17, 15) is 13.6 Å². The third-order valence-electron chi connectivity index (χ3n) is 6.80. The molecule has 5 nitrogen and oxygen atoms in total. The second-order valence-electron chi connectivity index (χ2n) is 9.06. The van der Waals surface area contributed by atoms with Gasteiger partial charge >= 0.3 is 0 Å². The molecule has 3 aliphatic heterocycles. The number of pyridine rings is 1. The highest BCUT2D eigenvalue weighted by Crippen LogP contribution is 2.45. The zero-order chi connectivity index (χ0) is 22.0. The summed E-state index contributed by atoms with van der Waals surface area (Å²) in [6.45, 7) is 0.980. The summed E-state index contributed by atoms with van der Waals surface area (Å²) >= 11 is 0. The second-order valence-corrected chi connectivity index (χ2v) is 9.06. The largest absolute Gasteiger partial charge is 0.346 e. The average Bonchev–Trinajstić information content (AvgIpc) is 3.59. The number of alkyl halides is 2. The molecule has 0 saturated carbocycles. The van der Waals surface area contributed by atoms with Crippen LogP contribution in [0.25, 0.3) is 21.9 Å². The van der Waals surface area contributed by atoms with Gasteiger partial charge in [-0.25, -0.2) is 8.78 Å². The van der Waals surface area contributed by atoms with E-state index in [0.717, 1.165) is 34.1 Å². The number of hydrogen-bond donors (Lipinski definition) is 0. The van der Waals surface area contributed by atoms with Crippen molar-refractivity contribution >= 4 is 16.7 Å². The lowest BCUT2D eigenvalue weighted by Gasteiger charge is -2.31. The van der Waals surface area contributed by atoms with Crippen molar-refractivity contribution in [2.75, 3.05) is 20.1 Å². The van der Waals surface area contributed by atoms with Crippen LogP contribution < -0.4 is 0 Å². The van der Waals surface area contributed by atoms with Crippen LogP contribution in [0.4, 0.5) is 8.78 Å². The molecule has 164 valence electrons. The molecule has 6 rings (SSSR count). The van der Waals surface area contributed by atoms with Gasteiger partial charge in [-0.3, -0.25) is 14.7 Å². The monoisotopic (exact) mass is 435 g/mol. The third kappa shape index (κ3) is 3.36. The molecule has 2 unspecified atom stereocenters. The molecule has 7 heteroatoms. The number of halogens is 2. The number of piperidine rings is 1. The van der Waals surface area contributed by atoms with Crippen molar-refractivity contribution in [2.24, 2.45) is 0 Å². The zero-order valence-corrected chi connectivity index (χ0v) is 17.7. The van der Waals surface area contributed by atoms with Gasteiger partial charge in [-0.15, -0.1) is 0 Å². The maximum absolute atomic E-state index is 13.5. The number of carbonyl (C=O) groups excluding carboxylic acids is 1. The number of nitrogens with zero attached hydrogens (tertiary/aromatic N) is 3. The molecule has 32 heavy (non-hydrogen) atoms. The average molecular weight is 435 g/mol. The number of ether oxygens (including phenoxy) is 1. The SMILES string of the molecule is CN1Cc2cc(-c3ccc4ccc(C(=O)N5CCC(F)(F)CC5)cc4c3)cnc2C2OC21. The molecule has 0 aliphatic carbocycles. The molecule has 1 aromatic heterocycles. The Bertz CT molecular complexity index is 1240. The van der Waals surface area contributed by atoms with Gasteiger partial charge in [-0.2, -0.15) is 0 Å². The van der Waals surface area contributed by atoms with Gasteiger partial charge < -0.3 is 9.64 Å². The second kappa shape index (κ2) is 7.05. The standard InChI is InChI=1S/C25H23F2N3O2/c1-29-14-20-12-19(13-28-21(20)22-24(29)32-22)16-4-2-15-3-5-17(11-18(15)10-16)23(31)30-8-6-25(26,27)7-9-30/h2-5,10-13,22,24H,6-9,14H2,1H3. The van der Waals surface area contributed by atoms with Crippen molar-refractivity contribution in [1.29, 1.82) is 0 Å². The van der Waals surface area contributed by atoms with E-state index in [-0.39, 0.29) is 44.2 Å². The van der Waals surface area contributed by atoms with E-state index in [4.69, 9.17) is 4.74 Å². The molecule has 0 N–H and O–H groups in total. The summed E-state index contributed by atoms with van der Waals surface area (Å²) < 4.78 is 32.6. The van der Waals surface area contributed by atoms with Crippen molar-refractivity contribution in [3.05, 3.63) is 65.5 Å². The Balaban J connectivity index is 1.30. The van der Waals surface area contributed by atoms with Crippen molar-refractivity contribution in [3.8, 4) is 11.1 Å². The van der Waals surface area contributed by atoms with Crippen molar-refractivity contribution < 1.29 is 18.3 Å². The summed E-state index contributed by atoms with van der Waals surface area (Å²) in [5, 5.41) is 1.96. The Morgan fingerprint density at radius 1 is 1.06 bits per heavy atom. The first-order valence-corrected chi connectivity index (χ1v) is 10.9. The molecule has 3 aliphatic rings. The number of rotatable bonds is 2. The number of carbonyl (C=O) groups is 1. The zero-order valence-electron chi connectivity index (χ0n) is 17.7. The lowest BCUT2D eigenvalue weighted by molar-refractivity contribution is -0.0494. The Labute approximate surface area is 184 Å². The lowest BCUT2D eigenvalue weighted by atomic mass is 9.97. The van der Waals surface area contributed by atoms with E-state index >= 15 is 0 Å². The molecular formula is C25H23F2N3O2. The summed E-state index contributed by atoms with van der Waals surface area (Å²) in [4.78, 5) is 21.3. The van der Waals surface area contributed by atoms with E-state index in [0.29, 0.717) is 5.56 Å². The number of amides is 1. The van der Waals surface area contributed by atoms with Crippen LogP contribution in [-0.4, -0.2) is 53.0 Å². The molecule has 1 amide bonds. The fourth-order valence-electron chi connectivity index (χ4n) is 4.84. The van der Waals surface area contributed by atoms with Crippen LogP contribution in [0.1, 0.15) is 40.6 Å². The quantitative estimate of drug-likeness (QED) is 0.552. The molecule has 4 heterocycles. The normalized spacial score (nSPS) is 24.2. The minimum absolute atomic E-state index is 0.0812. The van der Waals surface area contributed by atoms with Gasteiger partial charge in [0.05, 0.1) is 5.69 Å². The molecule has 2 fully saturated rings. The van der Waals surface area contributed by atoms with Gasteiger partial charge in [0.25, 0.3) is 11.8 Å². The Morgan fingerprint density at radius 3 is 2.66 bits per heavy atom. The third-order valence-corrected chi connectivity index (χ3v) is 6.80. The topological polar surface area (TPSA) is 49.0 Å². The summed E-state index contributed by atoms with van der Waals surface area (Å²) in [5.74, 6) is -2.86. The first-order valence-electron chi connectivity index (χ1n) is 10.9. The highest BCUT2D eigenvalue weighted by atomic mass is 19.3. The Kier molecular flexibility index (Phi) is 4.35. The van der Waals surface area contributed by atoms with E-state index in [1.807, 2.05) is 24.4 Å². The number of likely N-dealkylation sites (N-methyl/N-ethyl adjacent to an activating group) is 1. The van der Waals surface area contributed by atoms with Gasteiger partial charge in [0.15, 0.2) is 0 Å². The predicted octanol–water partition coefficient (Wildman–Crippen LogP) is 4.62. The molecule has 0 spiro atoms. The van der Waals surface area contributed by atoms with Crippen LogP contribution in [0.2, 0.25) is 0 Å². The molecule has 2 saturated heterocycles. The fourth-order valence-corrected chi connectivity index (χ4v) is 4.84. The lowest BCUT2D eigenvalue weighted by Crippen LogP contribution is -2.42. The van der Waals surface area contributed by atoms with Crippen LogP contribution in [0.15, 0.2) is 48.7 Å². The van der Waals surface area contributed by atoms with E-state index in [1.54, 1.807) is 6.07 Å². The molecule has 2 aromatic carbocycles. The first kappa shape index (κ1) is 19.8. The van der Waals surface area contributed by atoms with Crippen LogP contribution in [0, 0.1) is 0 Å². The predicted molar refractivity (Wildman–Crippen MR) is 116 cm³/mol. The Morgan fingerprint density at radius 2 is 1.84 bits per heavy atom. The highest BCUT2D eigenvalue weighted by molar-refractivity contribution is 5.99. The summed E-state index contributed by atoms with van der Waals surface area (Å²) in [5.41, 5.74) is 4.78. The summed E-state index contributed by atoms with van der Waals surface area (Å²) in [6.07, 6.45) is 1.57. The number of aromatic nitrogens is 1. The number of likely N-dealkylation sites (tertiary alicyclic amines) is 1. The van der Waals surface area contributed by atoms with Gasteiger partial charge in [-0.1, -0.05) is 18.2 Å². The van der Waals surface area contributed by atoms with Gasteiger partial charge in [0.2, 0.25) is 0 Å². The van der Waals surface area contributed by atoms with E-state index < -0.39 is 5.92 Å². The number of hydrogen-bond acceptors (Lipinski definition) is 4.